The van der Waals surface area contributed by atoms with Crippen molar-refractivity contribution < 1.29 is 4.74 Å². The third-order valence-electron chi connectivity index (χ3n) is 8.31. The van der Waals surface area contributed by atoms with Crippen LogP contribution in [0, 0.1) is 0 Å². The molecule has 2 aliphatic heterocycles. The average Bonchev–Trinajstić information content (AvgIpc) is 3.59. The Balaban J connectivity index is 1.09. The summed E-state index contributed by atoms with van der Waals surface area (Å²) in [5, 5.41) is 12.9. The fraction of sp³-hybridized carbons (Fsp3) is 0.556. The topological polar surface area (TPSA) is 81.0 Å². The van der Waals surface area contributed by atoms with Crippen molar-refractivity contribution in [3.8, 4) is 11.3 Å². The van der Waals surface area contributed by atoms with E-state index >= 15 is 0 Å². The predicted molar refractivity (Wildman–Crippen MR) is 133 cm³/mol. The van der Waals surface area contributed by atoms with Crippen molar-refractivity contribution in [3.63, 3.8) is 0 Å². The average molecular weight is 472 g/mol. The number of ether oxygens (including phenoxy) is 1. The van der Waals surface area contributed by atoms with Gasteiger partial charge in [0, 0.05) is 43.1 Å². The number of hydrogen-bond acceptors (Lipinski definition) is 7. The van der Waals surface area contributed by atoms with E-state index in [0.29, 0.717) is 25.2 Å². The quantitative estimate of drug-likeness (QED) is 0.565. The van der Waals surface area contributed by atoms with Crippen LogP contribution < -0.4 is 10.2 Å². The zero-order valence-corrected chi connectivity index (χ0v) is 20.1. The van der Waals surface area contributed by atoms with Crippen molar-refractivity contribution in [2.75, 3.05) is 31.2 Å². The molecule has 35 heavy (non-hydrogen) atoms. The van der Waals surface area contributed by atoms with E-state index in [0.717, 1.165) is 36.1 Å². The molecule has 8 heteroatoms. The summed E-state index contributed by atoms with van der Waals surface area (Å²) < 4.78 is 7.62. The lowest BCUT2D eigenvalue weighted by molar-refractivity contribution is -0.0851. The highest BCUT2D eigenvalue weighted by molar-refractivity contribution is 5.58. The van der Waals surface area contributed by atoms with Gasteiger partial charge >= 0.3 is 0 Å². The number of pyridine rings is 2. The van der Waals surface area contributed by atoms with Crippen molar-refractivity contribution in [3.05, 3.63) is 54.2 Å². The van der Waals surface area contributed by atoms with Crippen LogP contribution >= 0.6 is 0 Å². The van der Waals surface area contributed by atoms with Gasteiger partial charge in [0.25, 0.3) is 0 Å². The first kappa shape index (κ1) is 21.4. The predicted octanol–water partition coefficient (Wildman–Crippen LogP) is 3.50. The minimum atomic E-state index is -0.401. The largest absolute Gasteiger partial charge is 0.375 e. The second kappa shape index (κ2) is 8.68. The number of nitrogens with one attached hydrogen (secondary N) is 1. The van der Waals surface area contributed by atoms with Crippen LogP contribution in [0.4, 0.5) is 5.69 Å². The number of anilines is 1. The minimum Gasteiger partial charge on any atom is -0.375 e. The summed E-state index contributed by atoms with van der Waals surface area (Å²) >= 11 is 0. The third kappa shape index (κ3) is 4.02. The Morgan fingerprint density at radius 3 is 2.57 bits per heavy atom. The second-order valence-electron chi connectivity index (χ2n) is 10.8. The van der Waals surface area contributed by atoms with Crippen LogP contribution in [0.1, 0.15) is 62.1 Å². The Hall–Kier alpha value is -2.84. The van der Waals surface area contributed by atoms with Crippen molar-refractivity contribution in [1.29, 1.82) is 0 Å². The molecule has 0 spiro atoms. The normalized spacial score (nSPS) is 24.1. The molecule has 1 atom stereocenters. The fourth-order valence-corrected chi connectivity index (χ4v) is 5.64. The molecule has 0 radical (unpaired) electrons. The molecule has 2 aliphatic carbocycles. The van der Waals surface area contributed by atoms with Crippen LogP contribution in [0.5, 0.6) is 0 Å². The highest BCUT2D eigenvalue weighted by Crippen LogP contribution is 2.41. The van der Waals surface area contributed by atoms with E-state index in [4.69, 9.17) is 9.72 Å². The van der Waals surface area contributed by atoms with E-state index < -0.39 is 5.54 Å². The van der Waals surface area contributed by atoms with Gasteiger partial charge in [-0.3, -0.25) is 9.97 Å². The van der Waals surface area contributed by atoms with Crippen molar-refractivity contribution in [1.82, 2.24) is 30.3 Å². The molecule has 2 saturated carbocycles. The fourth-order valence-electron chi connectivity index (χ4n) is 5.64. The summed E-state index contributed by atoms with van der Waals surface area (Å²) in [5.74, 6) is 0.663. The van der Waals surface area contributed by atoms with E-state index in [1.165, 1.54) is 56.2 Å². The Morgan fingerprint density at radius 2 is 1.86 bits per heavy atom. The van der Waals surface area contributed by atoms with Crippen LogP contribution in [0.2, 0.25) is 0 Å². The van der Waals surface area contributed by atoms with Crippen LogP contribution in [0.15, 0.2) is 43.0 Å². The first-order valence-electron chi connectivity index (χ1n) is 13.2. The van der Waals surface area contributed by atoms with Gasteiger partial charge in [-0.05, 0) is 68.2 Å². The maximum absolute atomic E-state index is 5.67. The van der Waals surface area contributed by atoms with Gasteiger partial charge in [-0.1, -0.05) is 11.6 Å². The Morgan fingerprint density at radius 1 is 0.971 bits per heavy atom. The Kier molecular flexibility index (Phi) is 5.31. The molecule has 0 aromatic carbocycles. The summed E-state index contributed by atoms with van der Waals surface area (Å²) in [5.41, 5.74) is 4.96. The summed E-state index contributed by atoms with van der Waals surface area (Å²) in [6, 6.07) is 7.90. The monoisotopic (exact) mass is 471 g/mol. The van der Waals surface area contributed by atoms with E-state index in [9.17, 15) is 0 Å². The highest BCUT2D eigenvalue weighted by atomic mass is 16.5. The van der Waals surface area contributed by atoms with Gasteiger partial charge in [-0.25, -0.2) is 4.68 Å². The van der Waals surface area contributed by atoms with Gasteiger partial charge in [0.05, 0.1) is 37.0 Å². The maximum Gasteiger partial charge on any atom is 0.152 e. The number of nitrogens with zero attached hydrogens (tertiary/aromatic N) is 6. The number of hydrogen-bond donors (Lipinski definition) is 1. The second-order valence-corrected chi connectivity index (χ2v) is 10.8. The van der Waals surface area contributed by atoms with Crippen LogP contribution in [-0.2, 0) is 10.3 Å². The lowest BCUT2D eigenvalue weighted by atomic mass is 9.91. The maximum atomic E-state index is 5.67. The Labute approximate surface area is 206 Å². The van der Waals surface area contributed by atoms with E-state index in [-0.39, 0.29) is 0 Å². The molecule has 7 rings (SSSR count). The molecular formula is C27H33N7O. The van der Waals surface area contributed by atoms with Crippen LogP contribution in [0.3, 0.4) is 0 Å². The van der Waals surface area contributed by atoms with E-state index in [1.54, 1.807) is 0 Å². The zero-order valence-electron chi connectivity index (χ0n) is 20.1. The van der Waals surface area contributed by atoms with E-state index in [1.807, 2.05) is 29.5 Å². The lowest BCUT2D eigenvalue weighted by Crippen LogP contribution is -2.53. The molecule has 0 unspecified atom stereocenters. The summed E-state index contributed by atoms with van der Waals surface area (Å²) in [6.07, 6.45) is 17.0. The molecule has 1 N–H and O–H groups in total. The summed E-state index contributed by atoms with van der Waals surface area (Å²) in [7, 11) is 0. The van der Waals surface area contributed by atoms with Gasteiger partial charge in [0.1, 0.15) is 5.69 Å². The number of rotatable bonds is 7. The minimum absolute atomic E-state index is 0.401. The molecular weight excluding hydrogens is 438 g/mol. The molecule has 2 saturated heterocycles. The summed E-state index contributed by atoms with van der Waals surface area (Å²) in [4.78, 5) is 11.8. The van der Waals surface area contributed by atoms with Gasteiger partial charge in [-0.15, -0.1) is 5.10 Å². The first-order chi connectivity index (χ1) is 17.3. The SMILES string of the molecule is c1ncc(C2CC2)cc1-c1cn(C2(c3ccc(N4CCC[C@@H](NC5CCC5)C4)cn3)COC2)nn1. The lowest BCUT2D eigenvalue weighted by Gasteiger charge is -2.41. The molecule has 3 aromatic heterocycles. The van der Waals surface area contributed by atoms with Gasteiger partial charge in [0.2, 0.25) is 0 Å². The standard InChI is InChI=1S/C27H33N7O/c1-3-22(4-1)30-23-5-2-10-33(15-23)24-8-9-26(29-14-24)27(17-35-18-27)34-16-25(31-32-34)21-11-20(12-28-13-21)19-6-7-19/h8-9,11-14,16,19,22-23,30H,1-7,10,15,17-18H2/t23-/m1/s1. The zero-order chi connectivity index (χ0) is 23.2. The number of piperidine rings is 1. The molecule has 5 heterocycles. The van der Waals surface area contributed by atoms with Gasteiger partial charge < -0.3 is 15.0 Å². The molecule has 0 amide bonds. The van der Waals surface area contributed by atoms with Crippen LogP contribution in [0.25, 0.3) is 11.3 Å². The third-order valence-corrected chi connectivity index (χ3v) is 8.31. The summed E-state index contributed by atoms with van der Waals surface area (Å²) in [6.45, 7) is 3.27. The molecule has 4 fully saturated rings. The van der Waals surface area contributed by atoms with Crippen LogP contribution in [-0.4, -0.2) is 63.3 Å². The molecule has 4 aliphatic rings. The smallest absolute Gasteiger partial charge is 0.152 e. The van der Waals surface area contributed by atoms with Crippen molar-refractivity contribution >= 4 is 5.69 Å². The molecule has 182 valence electrons. The Bertz CT molecular complexity index is 1180. The van der Waals surface area contributed by atoms with E-state index in [2.05, 4.69) is 43.7 Å². The van der Waals surface area contributed by atoms with Crippen molar-refractivity contribution in [2.24, 2.45) is 0 Å². The van der Waals surface area contributed by atoms with Gasteiger partial charge in [-0.2, -0.15) is 0 Å². The molecule has 8 nitrogen and oxygen atoms in total. The van der Waals surface area contributed by atoms with Crippen molar-refractivity contribution in [2.45, 2.75) is 68.5 Å². The highest BCUT2D eigenvalue weighted by Gasteiger charge is 2.45. The molecule has 0 bridgehead atoms. The first-order valence-corrected chi connectivity index (χ1v) is 13.2. The number of aromatic nitrogens is 5. The molecule has 3 aromatic rings. The van der Waals surface area contributed by atoms with Gasteiger partial charge in [0.15, 0.2) is 5.54 Å².